The fraction of sp³-hybridized carbons (Fsp3) is 0.0909. The molecule has 1 aromatic heterocycles. The number of phenolic OH excluding ortho intramolecular Hbond substituents is 1. The number of rotatable bonds is 4. The van der Waals surface area contributed by atoms with Crippen LogP contribution in [0.2, 0.25) is 0 Å². The number of halogens is 1. The number of aromatic hydroxyl groups is 1. The molecule has 1 N–H and O–H groups in total. The maximum Gasteiger partial charge on any atom is 0.303 e. The first-order chi connectivity index (χ1) is 18.5. The Morgan fingerprint density at radius 2 is 1.61 bits per heavy atom. The highest BCUT2D eigenvalue weighted by Gasteiger charge is 2.33. The zero-order valence-corrected chi connectivity index (χ0v) is 22.3. The molecule has 0 aliphatic heterocycles. The highest BCUT2D eigenvalue weighted by molar-refractivity contribution is 9.10. The summed E-state index contributed by atoms with van der Waals surface area (Å²) in [6.07, 6.45) is 1.74. The quantitative estimate of drug-likeness (QED) is 0.224. The van der Waals surface area contributed by atoms with E-state index in [2.05, 4.69) is 34.1 Å². The third kappa shape index (κ3) is 4.39. The summed E-state index contributed by atoms with van der Waals surface area (Å²) < 4.78 is 6.90. The molecule has 0 bridgehead atoms. The monoisotopic (exact) mass is 561 g/mol. The number of benzene rings is 4. The van der Waals surface area contributed by atoms with Gasteiger partial charge in [-0.05, 0) is 63.7 Å². The minimum atomic E-state index is -0.556. The topological polar surface area (TPSA) is 59.4 Å². The summed E-state index contributed by atoms with van der Waals surface area (Å²) in [4.78, 5) is 17.0. The number of hydrogen-bond acceptors (Lipinski definition) is 4. The van der Waals surface area contributed by atoms with Gasteiger partial charge in [0.15, 0.2) is 0 Å². The van der Waals surface area contributed by atoms with Gasteiger partial charge in [-0.15, -0.1) is 0 Å². The summed E-state index contributed by atoms with van der Waals surface area (Å²) in [5, 5.41) is 11.2. The van der Waals surface area contributed by atoms with Crippen LogP contribution in [0, 0.1) is 0 Å². The third-order valence-electron chi connectivity index (χ3n) is 6.99. The van der Waals surface area contributed by atoms with Gasteiger partial charge in [0.25, 0.3) is 0 Å². The zero-order chi connectivity index (χ0) is 26.2. The maximum atomic E-state index is 12.3. The number of carbonyl (C=O) groups is 1. The third-order valence-corrected chi connectivity index (χ3v) is 7.52. The van der Waals surface area contributed by atoms with Gasteiger partial charge in [-0.3, -0.25) is 9.78 Å². The molecule has 6 rings (SSSR count). The normalized spacial score (nSPS) is 13.9. The first kappa shape index (κ1) is 24.1. The number of nitrogens with zero attached hydrogens (tertiary/aromatic N) is 1. The van der Waals surface area contributed by atoms with Crippen molar-refractivity contribution >= 4 is 21.9 Å². The molecular weight excluding hydrogens is 538 g/mol. The maximum absolute atomic E-state index is 12.3. The van der Waals surface area contributed by atoms with Crippen LogP contribution in [0.4, 0.5) is 0 Å². The Morgan fingerprint density at radius 1 is 0.842 bits per heavy atom. The second-order valence-corrected chi connectivity index (χ2v) is 10.3. The summed E-state index contributed by atoms with van der Waals surface area (Å²) in [5.74, 6) is -0.210. The average Bonchev–Trinajstić information content (AvgIpc) is 2.94. The molecule has 1 aliphatic rings. The summed E-state index contributed by atoms with van der Waals surface area (Å²) in [7, 11) is 0. The molecule has 0 spiro atoms. The number of ether oxygens (including phenoxy) is 1. The SMILES string of the molecule is CC(=O)OC1Cc2c(-c3cc(-c4ccccc4)ccn3)cccc2-c2c(O)ccc(-c3ccc(Br)cc3)c21. The number of esters is 1. The van der Waals surface area contributed by atoms with Gasteiger partial charge in [0, 0.05) is 40.7 Å². The molecule has 5 aromatic rings. The van der Waals surface area contributed by atoms with Gasteiger partial charge in [0.05, 0.1) is 5.69 Å². The van der Waals surface area contributed by atoms with Crippen LogP contribution in [0.25, 0.3) is 44.6 Å². The number of carbonyl (C=O) groups excluding carboxylic acids is 1. The first-order valence-electron chi connectivity index (χ1n) is 12.4. The van der Waals surface area contributed by atoms with Gasteiger partial charge >= 0.3 is 5.97 Å². The lowest BCUT2D eigenvalue weighted by Crippen LogP contribution is -2.18. The van der Waals surface area contributed by atoms with Crippen molar-refractivity contribution in [2.45, 2.75) is 19.4 Å². The van der Waals surface area contributed by atoms with E-state index < -0.39 is 6.10 Å². The van der Waals surface area contributed by atoms with Crippen LogP contribution in [0.1, 0.15) is 24.2 Å². The molecule has 0 saturated carbocycles. The Balaban J connectivity index is 1.56. The van der Waals surface area contributed by atoms with Crippen LogP contribution < -0.4 is 0 Å². The first-order valence-corrected chi connectivity index (χ1v) is 13.2. The molecular formula is C33H24BrNO3. The van der Waals surface area contributed by atoms with E-state index in [-0.39, 0.29) is 11.7 Å². The van der Waals surface area contributed by atoms with Crippen molar-refractivity contribution in [3.8, 4) is 50.4 Å². The van der Waals surface area contributed by atoms with Gasteiger partial charge in [-0.1, -0.05) is 82.7 Å². The number of aromatic nitrogens is 1. The second-order valence-electron chi connectivity index (χ2n) is 9.36. The molecule has 0 fully saturated rings. The standard InChI is InChI=1S/C33H24BrNO3/c1-20(36)38-31-19-28-26(29-18-23(16-17-35-29)21-6-3-2-4-7-21)8-5-9-27(28)32-30(37)15-14-25(33(31)32)22-10-12-24(34)13-11-22/h2-18,31,37H,19H2,1H3. The van der Waals surface area contributed by atoms with E-state index in [1.807, 2.05) is 79.0 Å². The molecule has 0 saturated heterocycles. The fourth-order valence-electron chi connectivity index (χ4n) is 5.36. The molecule has 1 aliphatic carbocycles. The average molecular weight is 562 g/mol. The largest absolute Gasteiger partial charge is 0.507 e. The van der Waals surface area contributed by atoms with Crippen LogP contribution in [0.5, 0.6) is 5.75 Å². The van der Waals surface area contributed by atoms with Crippen LogP contribution >= 0.6 is 15.9 Å². The highest BCUT2D eigenvalue weighted by Crippen LogP contribution is 2.50. The van der Waals surface area contributed by atoms with E-state index in [0.29, 0.717) is 12.0 Å². The number of fused-ring (bicyclic) bond motifs is 3. The Kier molecular flexibility index (Phi) is 6.30. The molecule has 186 valence electrons. The second kappa shape index (κ2) is 9.92. The lowest BCUT2D eigenvalue weighted by Gasteiger charge is -2.31. The van der Waals surface area contributed by atoms with Gasteiger partial charge in [0.1, 0.15) is 11.9 Å². The number of pyridine rings is 1. The van der Waals surface area contributed by atoms with Crippen LogP contribution in [-0.4, -0.2) is 16.1 Å². The molecule has 4 nitrogen and oxygen atoms in total. The van der Waals surface area contributed by atoms with Gasteiger partial charge in [-0.2, -0.15) is 0 Å². The van der Waals surface area contributed by atoms with E-state index in [0.717, 1.165) is 54.7 Å². The predicted molar refractivity (Wildman–Crippen MR) is 154 cm³/mol. The summed E-state index contributed by atoms with van der Waals surface area (Å²) >= 11 is 3.51. The zero-order valence-electron chi connectivity index (χ0n) is 20.7. The van der Waals surface area contributed by atoms with Gasteiger partial charge in [-0.25, -0.2) is 0 Å². The number of phenols is 1. The Labute approximate surface area is 229 Å². The summed E-state index contributed by atoms with van der Waals surface area (Å²) in [6.45, 7) is 1.42. The molecule has 4 aromatic carbocycles. The van der Waals surface area contributed by atoms with E-state index in [9.17, 15) is 9.90 Å². The van der Waals surface area contributed by atoms with E-state index >= 15 is 0 Å². The molecule has 1 unspecified atom stereocenters. The molecule has 5 heteroatoms. The van der Waals surface area contributed by atoms with Crippen molar-refractivity contribution in [2.24, 2.45) is 0 Å². The van der Waals surface area contributed by atoms with Crippen molar-refractivity contribution < 1.29 is 14.6 Å². The Hall–Kier alpha value is -4.22. The summed E-state index contributed by atoms with van der Waals surface area (Å²) in [5.41, 5.74) is 9.30. The van der Waals surface area contributed by atoms with Crippen molar-refractivity contribution in [2.75, 3.05) is 0 Å². The van der Waals surface area contributed by atoms with Gasteiger partial charge in [0.2, 0.25) is 0 Å². The minimum Gasteiger partial charge on any atom is -0.507 e. The van der Waals surface area contributed by atoms with E-state index in [1.54, 1.807) is 6.07 Å². The molecule has 1 atom stereocenters. The van der Waals surface area contributed by atoms with Crippen LogP contribution in [0.15, 0.2) is 108 Å². The van der Waals surface area contributed by atoms with Crippen molar-refractivity contribution in [3.05, 3.63) is 119 Å². The predicted octanol–water partition coefficient (Wildman–Crippen LogP) is 8.38. The molecule has 0 radical (unpaired) electrons. The Bertz CT molecular complexity index is 1660. The highest BCUT2D eigenvalue weighted by atomic mass is 79.9. The Morgan fingerprint density at radius 3 is 2.37 bits per heavy atom. The van der Waals surface area contributed by atoms with Gasteiger partial charge < -0.3 is 9.84 Å². The van der Waals surface area contributed by atoms with Crippen molar-refractivity contribution in [1.82, 2.24) is 4.98 Å². The smallest absolute Gasteiger partial charge is 0.303 e. The lowest BCUT2D eigenvalue weighted by molar-refractivity contribution is -0.146. The molecule has 1 heterocycles. The van der Waals surface area contributed by atoms with E-state index in [4.69, 9.17) is 9.72 Å². The molecule has 0 amide bonds. The minimum absolute atomic E-state index is 0.155. The van der Waals surface area contributed by atoms with Crippen molar-refractivity contribution in [1.29, 1.82) is 0 Å². The number of hydrogen-bond donors (Lipinski definition) is 1. The van der Waals surface area contributed by atoms with Crippen LogP contribution in [-0.2, 0) is 16.0 Å². The fourth-order valence-corrected chi connectivity index (χ4v) is 5.63. The van der Waals surface area contributed by atoms with Crippen LogP contribution in [0.3, 0.4) is 0 Å². The van der Waals surface area contributed by atoms with Crippen molar-refractivity contribution in [3.63, 3.8) is 0 Å². The van der Waals surface area contributed by atoms with E-state index in [1.165, 1.54) is 6.92 Å². The molecule has 38 heavy (non-hydrogen) atoms. The summed E-state index contributed by atoms with van der Waals surface area (Å²) in [6, 6.07) is 32.0. The lowest BCUT2D eigenvalue weighted by atomic mass is 9.77.